The lowest BCUT2D eigenvalue weighted by Gasteiger charge is -2.46. The lowest BCUT2D eigenvalue weighted by molar-refractivity contribution is -0.0564. The van der Waals surface area contributed by atoms with Crippen LogP contribution in [-0.2, 0) is 6.42 Å². The van der Waals surface area contributed by atoms with Gasteiger partial charge in [-0.15, -0.1) is 0 Å². The monoisotopic (exact) mass is 501 g/mol. The average molecular weight is 502 g/mol. The number of aliphatic hydroxyl groups is 1. The highest BCUT2D eigenvalue weighted by molar-refractivity contribution is 5.94. The molecule has 1 fully saturated rings. The van der Waals surface area contributed by atoms with E-state index in [1.807, 2.05) is 51.8 Å². The Morgan fingerprint density at radius 2 is 1.89 bits per heavy atom. The molecule has 0 bridgehead atoms. The number of allylic oxidation sites excluding steroid dienone is 1. The second-order valence-corrected chi connectivity index (χ2v) is 8.64. The number of ether oxygens (including phenoxy) is 1. The van der Waals surface area contributed by atoms with Crippen molar-refractivity contribution in [3.05, 3.63) is 77.4 Å². The van der Waals surface area contributed by atoms with E-state index in [-0.39, 0.29) is 23.6 Å². The van der Waals surface area contributed by atoms with Gasteiger partial charge in [0.25, 0.3) is 5.91 Å². The number of methoxy groups -OCH3 is 1. The van der Waals surface area contributed by atoms with Crippen LogP contribution in [0, 0.1) is 12.7 Å². The summed E-state index contributed by atoms with van der Waals surface area (Å²) in [5.41, 5.74) is 3.35. The van der Waals surface area contributed by atoms with Crippen molar-refractivity contribution >= 4 is 5.91 Å². The topological polar surface area (TPSA) is 68.8 Å². The Hall–Kier alpha value is -2.90. The summed E-state index contributed by atoms with van der Waals surface area (Å²) in [5.74, 6) is -0.583. The lowest BCUT2D eigenvalue weighted by Crippen LogP contribution is -2.61. The van der Waals surface area contributed by atoms with Crippen LogP contribution in [0.3, 0.4) is 0 Å². The van der Waals surface area contributed by atoms with Gasteiger partial charge < -0.3 is 19.7 Å². The molecular weight excluding hydrogens is 457 g/mol. The van der Waals surface area contributed by atoms with Crippen LogP contribution in [0.2, 0.25) is 0 Å². The second kappa shape index (κ2) is 15.3. The van der Waals surface area contributed by atoms with E-state index in [0.717, 1.165) is 6.42 Å². The van der Waals surface area contributed by atoms with E-state index in [4.69, 9.17) is 4.74 Å². The molecule has 2 N–H and O–H groups in total. The number of carbonyl (C=O) groups is 1. The van der Waals surface area contributed by atoms with Crippen LogP contribution < -0.4 is 4.74 Å². The second-order valence-electron chi connectivity index (χ2n) is 8.64. The number of nitrogens with zero attached hydrogens (tertiary/aromatic N) is 2. The van der Waals surface area contributed by atoms with Crippen molar-refractivity contribution in [2.75, 3.05) is 20.2 Å². The molecule has 36 heavy (non-hydrogen) atoms. The number of aliphatic hydroxyl groups excluding tert-OH is 1. The fraction of sp³-hybridized carbons (Fsp3) is 0.483. The molecule has 200 valence electrons. The summed E-state index contributed by atoms with van der Waals surface area (Å²) in [5, 5.41) is 10.6. The minimum atomic E-state index is -0.814. The van der Waals surface area contributed by atoms with Crippen LogP contribution in [-0.4, -0.2) is 64.3 Å². The van der Waals surface area contributed by atoms with Gasteiger partial charge in [-0.25, -0.2) is 4.39 Å². The molecule has 1 amide bonds. The van der Waals surface area contributed by atoms with Gasteiger partial charge in [0.05, 0.1) is 12.7 Å². The Morgan fingerprint density at radius 1 is 1.28 bits per heavy atom. The Bertz CT molecular complexity index is 989. The Labute approximate surface area is 216 Å². The summed E-state index contributed by atoms with van der Waals surface area (Å²) in [6.07, 6.45) is 5.88. The Morgan fingerprint density at radius 3 is 2.31 bits per heavy atom. The number of H-pyrrole nitrogens is 1. The Kier molecular flexibility index (Phi) is 13.2. The van der Waals surface area contributed by atoms with Crippen LogP contribution >= 0.6 is 0 Å². The molecule has 1 aliphatic heterocycles. The molecule has 0 aliphatic carbocycles. The molecule has 3 atom stereocenters. The molecule has 7 heteroatoms. The molecule has 1 aliphatic rings. The van der Waals surface area contributed by atoms with Crippen molar-refractivity contribution < 1.29 is 19.0 Å². The molecule has 0 radical (unpaired) electrons. The molecular formula is C29H44FN3O3. The first kappa shape index (κ1) is 31.1. The quantitative estimate of drug-likeness (QED) is 0.496. The minimum absolute atomic E-state index is 0.0255. The third kappa shape index (κ3) is 8.07. The van der Waals surface area contributed by atoms with Gasteiger partial charge in [0.2, 0.25) is 0 Å². The number of benzene rings is 1. The van der Waals surface area contributed by atoms with E-state index in [2.05, 4.69) is 31.5 Å². The van der Waals surface area contributed by atoms with Crippen LogP contribution in [0.25, 0.3) is 0 Å². The first-order valence-electron chi connectivity index (χ1n) is 12.7. The van der Waals surface area contributed by atoms with Gasteiger partial charge in [-0.1, -0.05) is 39.5 Å². The number of aromatic nitrogens is 1. The predicted molar refractivity (Wildman–Crippen MR) is 146 cm³/mol. The van der Waals surface area contributed by atoms with Crippen molar-refractivity contribution in [3.8, 4) is 5.75 Å². The number of piperazine rings is 1. The number of hydrogen-bond acceptors (Lipinski definition) is 4. The number of amides is 1. The molecule has 2 unspecified atom stereocenters. The number of halogens is 1. The largest absolute Gasteiger partial charge is 0.497 e. The summed E-state index contributed by atoms with van der Waals surface area (Å²) in [6.45, 7) is 18.7. The number of aromatic amines is 1. The van der Waals surface area contributed by atoms with E-state index >= 15 is 0 Å². The zero-order chi connectivity index (χ0) is 27.4. The predicted octanol–water partition coefficient (Wildman–Crippen LogP) is 5.73. The maximum atomic E-state index is 14.2. The van der Waals surface area contributed by atoms with Crippen LogP contribution in [0.5, 0.6) is 5.75 Å². The van der Waals surface area contributed by atoms with Gasteiger partial charge >= 0.3 is 0 Å². The van der Waals surface area contributed by atoms with E-state index in [0.29, 0.717) is 24.4 Å². The van der Waals surface area contributed by atoms with Gasteiger partial charge in [-0.2, -0.15) is 0 Å². The first-order chi connectivity index (χ1) is 17.1. The summed E-state index contributed by atoms with van der Waals surface area (Å²) in [4.78, 5) is 19.5. The van der Waals surface area contributed by atoms with Gasteiger partial charge in [0.1, 0.15) is 17.8 Å². The molecule has 2 aromatic rings. The van der Waals surface area contributed by atoms with Gasteiger partial charge in [-0.05, 0) is 63.5 Å². The maximum Gasteiger partial charge on any atom is 0.256 e. The summed E-state index contributed by atoms with van der Waals surface area (Å²) in [7, 11) is 1.45. The molecule has 0 spiro atoms. The highest BCUT2D eigenvalue weighted by Gasteiger charge is 2.36. The highest BCUT2D eigenvalue weighted by Crippen LogP contribution is 2.24. The number of aryl methyl sites for hydroxylation is 2. The van der Waals surface area contributed by atoms with Crippen molar-refractivity contribution in [1.29, 1.82) is 0 Å². The molecule has 0 saturated carbocycles. The average Bonchev–Trinajstić information content (AvgIpc) is 3.29. The van der Waals surface area contributed by atoms with Crippen molar-refractivity contribution in [3.63, 3.8) is 0 Å². The fourth-order valence-corrected chi connectivity index (χ4v) is 4.30. The van der Waals surface area contributed by atoms with Gasteiger partial charge in [0, 0.05) is 43.1 Å². The molecule has 3 rings (SSSR count). The van der Waals surface area contributed by atoms with Crippen LogP contribution in [0.15, 0.2) is 54.8 Å². The van der Waals surface area contributed by atoms with E-state index in [1.54, 1.807) is 17.0 Å². The van der Waals surface area contributed by atoms with E-state index in [1.165, 1.54) is 30.5 Å². The normalized spacial score (nSPS) is 18.6. The van der Waals surface area contributed by atoms with Crippen molar-refractivity contribution in [2.45, 2.75) is 73.2 Å². The van der Waals surface area contributed by atoms with Gasteiger partial charge in [-0.3, -0.25) is 9.69 Å². The molecule has 1 saturated heterocycles. The molecule has 1 aromatic heterocycles. The zero-order valence-electron chi connectivity index (χ0n) is 23.1. The van der Waals surface area contributed by atoms with Crippen molar-refractivity contribution in [1.82, 2.24) is 14.8 Å². The van der Waals surface area contributed by atoms with Gasteiger partial charge in [0.15, 0.2) is 0 Å². The van der Waals surface area contributed by atoms with Crippen LogP contribution in [0.4, 0.5) is 4.39 Å². The van der Waals surface area contributed by atoms with Crippen LogP contribution in [0.1, 0.15) is 63.2 Å². The third-order valence-corrected chi connectivity index (χ3v) is 6.10. The van der Waals surface area contributed by atoms with Crippen molar-refractivity contribution in [2.24, 2.45) is 0 Å². The SMILES string of the molecule is C=C(/C=C\C)C(O)N1C(C)CN(C(=O)c2ccc(OC)cc2F)C[C@H]1C.CC.CCc1[nH]ccc1C. The number of nitrogens with one attached hydrogen (secondary N) is 1. The Balaban J connectivity index is 0.000000543. The summed E-state index contributed by atoms with van der Waals surface area (Å²) >= 11 is 0. The first-order valence-corrected chi connectivity index (χ1v) is 12.7. The zero-order valence-corrected chi connectivity index (χ0v) is 23.1. The highest BCUT2D eigenvalue weighted by atomic mass is 19.1. The fourth-order valence-electron chi connectivity index (χ4n) is 4.30. The molecule has 6 nitrogen and oxygen atoms in total. The maximum absolute atomic E-state index is 14.2. The third-order valence-electron chi connectivity index (χ3n) is 6.10. The molecule has 2 heterocycles. The standard InChI is InChI=1S/C20H27FN2O3.C7H11N.C2H6/c1-6-7-13(2)19(24)23-14(3)11-22(12-15(23)4)20(25)17-9-8-16(26-5)10-18(17)21;1-3-7-6(2)4-5-8-7;1-2/h6-10,14-15,19,24H,2,11-12H2,1,3-5H3;4-5,8H,3H2,1-2H3;1-2H3/b7-6-;;/t14-,15?,19?;;/m1../s1. The minimum Gasteiger partial charge on any atom is -0.497 e. The smallest absolute Gasteiger partial charge is 0.256 e. The number of rotatable bonds is 6. The summed E-state index contributed by atoms with van der Waals surface area (Å²) < 4.78 is 19.2. The molecule has 1 aromatic carbocycles. The van der Waals surface area contributed by atoms with E-state index in [9.17, 15) is 14.3 Å². The lowest BCUT2D eigenvalue weighted by atomic mass is 10.0. The number of carbonyl (C=O) groups excluding carboxylic acids is 1. The number of hydrogen-bond donors (Lipinski definition) is 2. The van der Waals surface area contributed by atoms with E-state index < -0.39 is 12.0 Å². The summed E-state index contributed by atoms with van der Waals surface area (Å²) in [6, 6.07) is 6.13.